The molecule has 0 saturated heterocycles. The minimum atomic E-state index is -0.829. The highest BCUT2D eigenvalue weighted by atomic mass is 16.6. The quantitative estimate of drug-likeness (QED) is 0.523. The Balaban J connectivity index is 2.01. The highest BCUT2D eigenvalue weighted by Crippen LogP contribution is 2.22. The SMILES string of the molecule is CCOc1ccc(C(C)=O)cc1COC(=O)[C@H](C)Oc1ccc(C#N)cc1. The second-order valence-electron chi connectivity index (χ2n) is 5.82. The first-order valence-electron chi connectivity index (χ1n) is 8.54. The van der Waals surface area contributed by atoms with Gasteiger partial charge in [0, 0.05) is 11.1 Å². The van der Waals surface area contributed by atoms with Crippen LogP contribution in [0, 0.1) is 11.3 Å². The first-order valence-corrected chi connectivity index (χ1v) is 8.54. The molecular formula is C21H21NO5. The zero-order valence-corrected chi connectivity index (χ0v) is 15.5. The lowest BCUT2D eigenvalue weighted by atomic mass is 10.1. The van der Waals surface area contributed by atoms with E-state index in [9.17, 15) is 9.59 Å². The molecular weight excluding hydrogens is 346 g/mol. The number of benzene rings is 2. The summed E-state index contributed by atoms with van der Waals surface area (Å²) in [5, 5.41) is 8.79. The first kappa shape index (κ1) is 20.0. The molecule has 0 amide bonds. The van der Waals surface area contributed by atoms with Crippen LogP contribution < -0.4 is 9.47 Å². The zero-order valence-electron chi connectivity index (χ0n) is 15.5. The second-order valence-corrected chi connectivity index (χ2v) is 5.82. The minimum absolute atomic E-state index is 0.0314. The number of hydrogen-bond acceptors (Lipinski definition) is 6. The molecule has 1 atom stereocenters. The molecule has 0 fully saturated rings. The number of esters is 1. The summed E-state index contributed by atoms with van der Waals surface area (Å²) in [5.41, 5.74) is 1.64. The lowest BCUT2D eigenvalue weighted by Gasteiger charge is -2.16. The van der Waals surface area contributed by atoms with E-state index in [2.05, 4.69) is 0 Å². The number of nitriles is 1. The third kappa shape index (κ3) is 5.58. The molecule has 0 saturated carbocycles. The summed E-state index contributed by atoms with van der Waals surface area (Å²) >= 11 is 0. The van der Waals surface area contributed by atoms with E-state index in [4.69, 9.17) is 19.5 Å². The van der Waals surface area contributed by atoms with E-state index < -0.39 is 12.1 Å². The second kappa shape index (κ2) is 9.39. The molecule has 0 N–H and O–H groups in total. The van der Waals surface area contributed by atoms with E-state index in [-0.39, 0.29) is 12.4 Å². The van der Waals surface area contributed by atoms with Crippen LogP contribution in [-0.4, -0.2) is 24.5 Å². The fraction of sp³-hybridized carbons (Fsp3) is 0.286. The van der Waals surface area contributed by atoms with Crippen molar-refractivity contribution >= 4 is 11.8 Å². The van der Waals surface area contributed by atoms with Crippen molar-refractivity contribution in [1.82, 2.24) is 0 Å². The summed E-state index contributed by atoms with van der Waals surface area (Å²) in [4.78, 5) is 23.8. The maximum absolute atomic E-state index is 12.2. The molecule has 27 heavy (non-hydrogen) atoms. The fourth-order valence-corrected chi connectivity index (χ4v) is 2.33. The van der Waals surface area contributed by atoms with Gasteiger partial charge in [0.25, 0.3) is 0 Å². The summed E-state index contributed by atoms with van der Waals surface area (Å²) in [6.45, 7) is 5.33. The molecule has 0 heterocycles. The number of ether oxygens (including phenoxy) is 3. The first-order chi connectivity index (χ1) is 12.9. The van der Waals surface area contributed by atoms with Crippen LogP contribution in [0.3, 0.4) is 0 Å². The van der Waals surface area contributed by atoms with E-state index in [1.807, 2.05) is 13.0 Å². The van der Waals surface area contributed by atoms with E-state index in [0.29, 0.717) is 34.8 Å². The number of nitrogens with zero attached hydrogens (tertiary/aromatic N) is 1. The van der Waals surface area contributed by atoms with Crippen molar-refractivity contribution < 1.29 is 23.8 Å². The van der Waals surface area contributed by atoms with Gasteiger partial charge < -0.3 is 14.2 Å². The van der Waals surface area contributed by atoms with Crippen LogP contribution in [0.5, 0.6) is 11.5 Å². The molecule has 2 aromatic rings. The van der Waals surface area contributed by atoms with Crippen molar-refractivity contribution in [3.05, 3.63) is 59.2 Å². The third-order valence-electron chi connectivity index (χ3n) is 3.76. The topological polar surface area (TPSA) is 85.6 Å². The van der Waals surface area contributed by atoms with E-state index in [1.165, 1.54) is 6.92 Å². The Bertz CT molecular complexity index is 852. The Morgan fingerprint density at radius 3 is 2.44 bits per heavy atom. The average Bonchev–Trinajstić information content (AvgIpc) is 2.67. The van der Waals surface area contributed by atoms with Crippen LogP contribution in [0.1, 0.15) is 42.3 Å². The molecule has 0 radical (unpaired) electrons. The normalized spacial score (nSPS) is 11.2. The fourth-order valence-electron chi connectivity index (χ4n) is 2.33. The molecule has 0 aromatic heterocycles. The molecule has 0 bridgehead atoms. The molecule has 6 nitrogen and oxygen atoms in total. The largest absolute Gasteiger partial charge is 0.493 e. The Hall–Kier alpha value is -3.33. The number of hydrogen-bond donors (Lipinski definition) is 0. The monoisotopic (exact) mass is 367 g/mol. The molecule has 0 unspecified atom stereocenters. The highest BCUT2D eigenvalue weighted by molar-refractivity contribution is 5.94. The molecule has 140 valence electrons. The van der Waals surface area contributed by atoms with E-state index in [0.717, 1.165) is 0 Å². The van der Waals surface area contributed by atoms with Gasteiger partial charge in [-0.1, -0.05) is 0 Å². The van der Waals surface area contributed by atoms with Gasteiger partial charge in [0.1, 0.15) is 18.1 Å². The van der Waals surface area contributed by atoms with Crippen molar-refractivity contribution in [3.63, 3.8) is 0 Å². The van der Waals surface area contributed by atoms with Gasteiger partial charge in [-0.25, -0.2) is 4.79 Å². The van der Waals surface area contributed by atoms with Crippen molar-refractivity contribution in [2.24, 2.45) is 0 Å². The van der Waals surface area contributed by atoms with Gasteiger partial charge in [-0.3, -0.25) is 4.79 Å². The van der Waals surface area contributed by atoms with Crippen molar-refractivity contribution in [3.8, 4) is 17.6 Å². The number of carbonyl (C=O) groups is 2. The molecule has 0 aliphatic rings. The van der Waals surface area contributed by atoms with Crippen molar-refractivity contribution in [1.29, 1.82) is 5.26 Å². The van der Waals surface area contributed by atoms with Crippen LogP contribution >= 0.6 is 0 Å². The van der Waals surface area contributed by atoms with E-state index in [1.54, 1.807) is 49.4 Å². The number of Topliss-reactive ketones (excluding diaryl/α,β-unsaturated/α-hetero) is 1. The summed E-state index contributed by atoms with van der Waals surface area (Å²) in [5.74, 6) is 0.404. The van der Waals surface area contributed by atoms with Gasteiger partial charge in [0.05, 0.1) is 18.2 Å². The van der Waals surface area contributed by atoms with Crippen LogP contribution in [0.25, 0.3) is 0 Å². The summed E-state index contributed by atoms with van der Waals surface area (Å²) < 4.78 is 16.4. The summed E-state index contributed by atoms with van der Waals surface area (Å²) in [6.07, 6.45) is -0.829. The minimum Gasteiger partial charge on any atom is -0.493 e. The number of carbonyl (C=O) groups excluding carboxylic acids is 2. The number of rotatable bonds is 8. The lowest BCUT2D eigenvalue weighted by molar-refractivity contribution is -0.152. The maximum Gasteiger partial charge on any atom is 0.347 e. The third-order valence-corrected chi connectivity index (χ3v) is 3.76. The molecule has 2 rings (SSSR count). The standard InChI is InChI=1S/C21H21NO5/c1-4-25-20-10-7-17(14(2)23)11-18(20)13-26-21(24)15(3)27-19-8-5-16(12-22)6-9-19/h5-11,15H,4,13H2,1-3H3/t15-/m0/s1. The van der Waals surface area contributed by atoms with Gasteiger partial charge in [0.15, 0.2) is 11.9 Å². The molecule has 0 spiro atoms. The number of ketones is 1. The molecule has 2 aromatic carbocycles. The van der Waals surface area contributed by atoms with Gasteiger partial charge >= 0.3 is 5.97 Å². The van der Waals surface area contributed by atoms with Crippen LogP contribution in [0.15, 0.2) is 42.5 Å². The van der Waals surface area contributed by atoms with E-state index >= 15 is 0 Å². The zero-order chi connectivity index (χ0) is 19.8. The Kier molecular flexibility index (Phi) is 6.95. The Morgan fingerprint density at radius 2 is 1.85 bits per heavy atom. The summed E-state index contributed by atoms with van der Waals surface area (Å²) in [7, 11) is 0. The van der Waals surface area contributed by atoms with Gasteiger partial charge in [-0.2, -0.15) is 5.26 Å². The van der Waals surface area contributed by atoms with Crippen molar-refractivity contribution in [2.75, 3.05) is 6.61 Å². The maximum atomic E-state index is 12.2. The predicted octanol–water partition coefficient (Wildman–Crippen LogP) is 3.67. The van der Waals surface area contributed by atoms with Gasteiger partial charge in [0.2, 0.25) is 0 Å². The van der Waals surface area contributed by atoms with Crippen LogP contribution in [0.2, 0.25) is 0 Å². The van der Waals surface area contributed by atoms with Crippen molar-refractivity contribution in [2.45, 2.75) is 33.5 Å². The van der Waals surface area contributed by atoms with Crippen LogP contribution in [-0.2, 0) is 16.1 Å². The predicted molar refractivity (Wildman–Crippen MR) is 98.7 cm³/mol. The average molecular weight is 367 g/mol. The smallest absolute Gasteiger partial charge is 0.347 e. The molecule has 6 heteroatoms. The van der Waals surface area contributed by atoms with Gasteiger partial charge in [-0.15, -0.1) is 0 Å². The van der Waals surface area contributed by atoms with Gasteiger partial charge in [-0.05, 0) is 63.2 Å². The highest BCUT2D eigenvalue weighted by Gasteiger charge is 2.18. The Morgan fingerprint density at radius 1 is 1.15 bits per heavy atom. The molecule has 0 aliphatic carbocycles. The summed E-state index contributed by atoms with van der Waals surface area (Å²) in [6, 6.07) is 13.5. The Labute approximate surface area is 158 Å². The molecule has 0 aliphatic heterocycles. The van der Waals surface area contributed by atoms with Crippen LogP contribution in [0.4, 0.5) is 0 Å². The lowest BCUT2D eigenvalue weighted by Crippen LogP contribution is -2.26.